The van der Waals surface area contributed by atoms with Crippen molar-refractivity contribution >= 4 is 33.5 Å². The van der Waals surface area contributed by atoms with Gasteiger partial charge in [-0.05, 0) is 41.1 Å². The standard InChI is InChI=1S/C12H13BrFN5O/c1-3-15-10-17-11(19-12(18-10)20-2)16-9-5-4-7(14)6-8(9)13/h4-6H,3H2,1-2H3,(H2,15,16,17,18,19). The molecule has 1 heterocycles. The molecule has 0 fully saturated rings. The van der Waals surface area contributed by atoms with Gasteiger partial charge in [0.2, 0.25) is 11.9 Å². The van der Waals surface area contributed by atoms with E-state index in [2.05, 4.69) is 41.5 Å². The van der Waals surface area contributed by atoms with Crippen LogP contribution in [0.1, 0.15) is 6.92 Å². The second-order valence-corrected chi connectivity index (χ2v) is 4.60. The fourth-order valence-electron chi connectivity index (χ4n) is 1.45. The zero-order valence-electron chi connectivity index (χ0n) is 10.9. The van der Waals surface area contributed by atoms with Crippen LogP contribution in [-0.4, -0.2) is 28.6 Å². The van der Waals surface area contributed by atoms with Gasteiger partial charge in [0, 0.05) is 11.0 Å². The number of aromatic nitrogens is 3. The average molecular weight is 342 g/mol. The van der Waals surface area contributed by atoms with E-state index in [0.717, 1.165) is 0 Å². The molecule has 2 aromatic rings. The first-order valence-corrected chi connectivity index (χ1v) is 6.67. The number of rotatable bonds is 5. The van der Waals surface area contributed by atoms with Gasteiger partial charge in [-0.25, -0.2) is 4.39 Å². The lowest BCUT2D eigenvalue weighted by molar-refractivity contribution is 0.379. The van der Waals surface area contributed by atoms with Gasteiger partial charge in [0.25, 0.3) is 0 Å². The first-order chi connectivity index (χ1) is 9.62. The maximum atomic E-state index is 13.0. The lowest BCUT2D eigenvalue weighted by atomic mass is 10.3. The van der Waals surface area contributed by atoms with Crippen molar-refractivity contribution in [2.24, 2.45) is 0 Å². The molecule has 0 saturated carbocycles. The van der Waals surface area contributed by atoms with E-state index in [1.165, 1.54) is 19.2 Å². The van der Waals surface area contributed by atoms with Crippen LogP contribution in [0.2, 0.25) is 0 Å². The molecule has 0 unspecified atom stereocenters. The van der Waals surface area contributed by atoms with Gasteiger partial charge < -0.3 is 15.4 Å². The Morgan fingerprint density at radius 3 is 2.65 bits per heavy atom. The summed E-state index contributed by atoms with van der Waals surface area (Å²) in [6, 6.07) is 4.47. The molecule has 0 saturated heterocycles. The lowest BCUT2D eigenvalue weighted by Crippen LogP contribution is -2.08. The van der Waals surface area contributed by atoms with Gasteiger partial charge in [-0.15, -0.1) is 0 Å². The average Bonchev–Trinajstić information content (AvgIpc) is 2.42. The molecule has 0 aliphatic carbocycles. The second kappa shape index (κ2) is 6.47. The van der Waals surface area contributed by atoms with Crippen molar-refractivity contribution in [3.63, 3.8) is 0 Å². The zero-order chi connectivity index (χ0) is 14.5. The molecule has 0 radical (unpaired) electrons. The third-order valence-corrected chi connectivity index (χ3v) is 2.97. The number of benzene rings is 1. The van der Waals surface area contributed by atoms with E-state index in [4.69, 9.17) is 4.74 Å². The molecule has 0 spiro atoms. The topological polar surface area (TPSA) is 72.0 Å². The van der Waals surface area contributed by atoms with Gasteiger partial charge in [0.05, 0.1) is 12.8 Å². The quantitative estimate of drug-likeness (QED) is 0.871. The Kier molecular flexibility index (Phi) is 4.67. The van der Waals surface area contributed by atoms with Crippen LogP contribution in [0.3, 0.4) is 0 Å². The predicted octanol–water partition coefficient (Wildman–Crippen LogP) is 2.96. The van der Waals surface area contributed by atoms with Gasteiger partial charge in [0.1, 0.15) is 5.82 Å². The molecule has 0 amide bonds. The lowest BCUT2D eigenvalue weighted by Gasteiger charge is -2.09. The van der Waals surface area contributed by atoms with E-state index in [1.807, 2.05) is 6.92 Å². The Hall–Kier alpha value is -1.96. The number of ether oxygens (including phenoxy) is 1. The fraction of sp³-hybridized carbons (Fsp3) is 0.250. The molecule has 8 heteroatoms. The van der Waals surface area contributed by atoms with Crippen molar-refractivity contribution in [1.29, 1.82) is 0 Å². The van der Waals surface area contributed by atoms with Crippen LogP contribution in [-0.2, 0) is 0 Å². The van der Waals surface area contributed by atoms with E-state index >= 15 is 0 Å². The molecule has 0 aliphatic heterocycles. The monoisotopic (exact) mass is 341 g/mol. The SMILES string of the molecule is CCNc1nc(Nc2ccc(F)cc2Br)nc(OC)n1. The van der Waals surface area contributed by atoms with Gasteiger partial charge in [0.15, 0.2) is 0 Å². The minimum absolute atomic E-state index is 0.191. The van der Waals surface area contributed by atoms with Crippen LogP contribution in [0.25, 0.3) is 0 Å². The van der Waals surface area contributed by atoms with Crippen molar-refractivity contribution < 1.29 is 9.13 Å². The molecule has 2 N–H and O–H groups in total. The highest BCUT2D eigenvalue weighted by atomic mass is 79.9. The molecule has 0 atom stereocenters. The summed E-state index contributed by atoms with van der Waals surface area (Å²) in [6.07, 6.45) is 0. The van der Waals surface area contributed by atoms with Gasteiger partial charge in [-0.1, -0.05) is 0 Å². The Balaban J connectivity index is 2.29. The van der Waals surface area contributed by atoms with E-state index in [0.29, 0.717) is 28.6 Å². The minimum atomic E-state index is -0.330. The van der Waals surface area contributed by atoms with Crippen LogP contribution >= 0.6 is 15.9 Å². The fourth-order valence-corrected chi connectivity index (χ4v) is 1.90. The van der Waals surface area contributed by atoms with Gasteiger partial charge in [-0.2, -0.15) is 15.0 Å². The number of nitrogens with zero attached hydrogens (tertiary/aromatic N) is 3. The molecule has 106 valence electrons. The summed E-state index contributed by atoms with van der Waals surface area (Å²) in [6.45, 7) is 2.60. The Morgan fingerprint density at radius 2 is 2.00 bits per heavy atom. The molecule has 0 bridgehead atoms. The Bertz CT molecular complexity index is 610. The van der Waals surface area contributed by atoms with Crippen molar-refractivity contribution in [1.82, 2.24) is 15.0 Å². The first-order valence-electron chi connectivity index (χ1n) is 5.88. The van der Waals surface area contributed by atoms with Gasteiger partial charge >= 0.3 is 6.01 Å². The molecule has 1 aromatic heterocycles. The van der Waals surface area contributed by atoms with Crippen LogP contribution < -0.4 is 15.4 Å². The normalized spacial score (nSPS) is 10.2. The molecule has 0 aliphatic rings. The summed E-state index contributed by atoms with van der Waals surface area (Å²) in [5.41, 5.74) is 0.641. The van der Waals surface area contributed by atoms with Crippen LogP contribution in [0.15, 0.2) is 22.7 Å². The number of nitrogens with one attached hydrogen (secondary N) is 2. The third kappa shape index (κ3) is 3.53. The highest BCUT2D eigenvalue weighted by Gasteiger charge is 2.08. The van der Waals surface area contributed by atoms with Crippen LogP contribution in [0, 0.1) is 5.82 Å². The minimum Gasteiger partial charge on any atom is -0.467 e. The first kappa shape index (κ1) is 14.4. The third-order valence-electron chi connectivity index (χ3n) is 2.31. The molecular formula is C12H13BrFN5O. The highest BCUT2D eigenvalue weighted by molar-refractivity contribution is 9.10. The van der Waals surface area contributed by atoms with Crippen molar-refractivity contribution in [3.05, 3.63) is 28.5 Å². The summed E-state index contributed by atoms with van der Waals surface area (Å²) in [5, 5.41) is 5.96. The van der Waals surface area contributed by atoms with Crippen molar-refractivity contribution in [3.8, 4) is 6.01 Å². The predicted molar refractivity (Wildman–Crippen MR) is 77.9 cm³/mol. The van der Waals surface area contributed by atoms with E-state index in [-0.39, 0.29) is 11.8 Å². The van der Waals surface area contributed by atoms with Crippen molar-refractivity contribution in [2.45, 2.75) is 6.92 Å². The maximum Gasteiger partial charge on any atom is 0.322 e. The van der Waals surface area contributed by atoms with Crippen LogP contribution in [0.4, 0.5) is 22.0 Å². The molecule has 2 rings (SSSR count). The molecule has 6 nitrogen and oxygen atoms in total. The Morgan fingerprint density at radius 1 is 1.25 bits per heavy atom. The smallest absolute Gasteiger partial charge is 0.322 e. The second-order valence-electron chi connectivity index (χ2n) is 3.75. The number of anilines is 3. The number of hydrogen-bond acceptors (Lipinski definition) is 6. The summed E-state index contributed by atoms with van der Waals surface area (Å²) in [7, 11) is 1.47. The molecule has 20 heavy (non-hydrogen) atoms. The van der Waals surface area contributed by atoms with E-state index in [1.54, 1.807) is 6.07 Å². The number of methoxy groups -OCH3 is 1. The highest BCUT2D eigenvalue weighted by Crippen LogP contribution is 2.26. The summed E-state index contributed by atoms with van der Waals surface area (Å²) in [4.78, 5) is 12.3. The summed E-state index contributed by atoms with van der Waals surface area (Å²) < 4.78 is 18.6. The zero-order valence-corrected chi connectivity index (χ0v) is 12.5. The summed E-state index contributed by atoms with van der Waals surface area (Å²) in [5.74, 6) is 0.379. The number of halogens is 2. The largest absolute Gasteiger partial charge is 0.467 e. The molecule has 1 aromatic carbocycles. The van der Waals surface area contributed by atoms with Crippen molar-refractivity contribution in [2.75, 3.05) is 24.3 Å². The molecular weight excluding hydrogens is 329 g/mol. The Labute approximate surface area is 123 Å². The number of hydrogen-bond donors (Lipinski definition) is 2. The van der Waals surface area contributed by atoms with E-state index in [9.17, 15) is 4.39 Å². The maximum absolute atomic E-state index is 13.0. The summed E-state index contributed by atoms with van der Waals surface area (Å²) >= 11 is 3.27. The van der Waals surface area contributed by atoms with Gasteiger partial charge in [-0.3, -0.25) is 0 Å². The van der Waals surface area contributed by atoms with Crippen LogP contribution in [0.5, 0.6) is 6.01 Å². The van der Waals surface area contributed by atoms with E-state index < -0.39 is 0 Å².